The monoisotopic (exact) mass is 280 g/mol. The zero-order valence-corrected chi connectivity index (χ0v) is 9.43. The topological polar surface area (TPSA) is 74.6 Å². The Kier molecular flexibility index (Phi) is 3.83. The third-order valence-corrected chi connectivity index (χ3v) is 9.63. The summed E-state index contributed by atoms with van der Waals surface area (Å²) in [5, 5.41) is 0. The Morgan fingerprint density at radius 1 is 1.00 bits per heavy atom. The van der Waals surface area contributed by atoms with Crippen LogP contribution >= 0.6 is 59.1 Å². The van der Waals surface area contributed by atoms with Crippen LogP contribution in [0.3, 0.4) is 0 Å². The largest absolute Gasteiger partial charge is 0.334 e. The molecule has 10 heteroatoms. The van der Waals surface area contributed by atoms with Gasteiger partial charge in [0.15, 0.2) is 0 Å². The van der Waals surface area contributed by atoms with Gasteiger partial charge in [0.2, 0.25) is 0 Å². The van der Waals surface area contributed by atoms with Crippen LogP contribution in [0, 0.1) is 0 Å². The average Bonchev–Trinajstić information content (AvgIpc) is 1.58. The molecule has 0 saturated carbocycles. The fourth-order valence-corrected chi connectivity index (χ4v) is 3.56. The molecule has 0 saturated heterocycles. The lowest BCUT2D eigenvalue weighted by atomic mass is 11.8. The molecule has 0 aromatic carbocycles. The highest BCUT2D eigenvalue weighted by Crippen LogP contribution is 2.81. The first-order valence-electron chi connectivity index (χ1n) is 1.93. The fraction of sp³-hybridized carbons (Fsp3) is 1.00. The zero-order valence-electron chi connectivity index (χ0n) is 4.62. The highest BCUT2D eigenvalue weighted by Gasteiger charge is 2.57. The molecule has 0 spiro atoms. The van der Waals surface area contributed by atoms with E-state index in [4.69, 9.17) is 55.5 Å². The maximum absolute atomic E-state index is 10.5. The second-order valence-corrected chi connectivity index (χ2v) is 10.3. The molecule has 2 N–H and O–H groups in total. The van der Waals surface area contributed by atoms with Crippen LogP contribution in [-0.4, -0.2) is 13.6 Å². The molecule has 0 rings (SSSR count). The van der Waals surface area contributed by atoms with Crippen molar-refractivity contribution in [1.82, 2.24) is 0 Å². The summed E-state index contributed by atoms with van der Waals surface area (Å²) in [6.45, 7) is -9.26. The molecule has 0 aliphatic rings. The van der Waals surface area contributed by atoms with Gasteiger partial charge >= 0.3 is 13.4 Å². The van der Waals surface area contributed by atoms with Crippen molar-refractivity contribution >= 4 is 59.1 Å². The molecule has 0 radical (unpaired) electrons. The van der Waals surface area contributed by atoms with Crippen LogP contribution in [0.2, 0.25) is 0 Å². The van der Waals surface area contributed by atoms with E-state index in [0.29, 0.717) is 0 Å². The summed E-state index contributed by atoms with van der Waals surface area (Å²) in [4.78, 5) is 17.0. The summed E-state index contributed by atoms with van der Waals surface area (Å²) in [6, 6.07) is 0. The van der Waals surface area contributed by atoms with E-state index in [1.165, 1.54) is 0 Å². The van der Waals surface area contributed by atoms with Crippen LogP contribution in [0.4, 0.5) is 0 Å². The lowest BCUT2D eigenvalue weighted by Gasteiger charge is -2.20. The molecule has 0 amide bonds. The molecule has 0 aromatic rings. The maximum Gasteiger partial charge on any atom is 0.334 e. The van der Waals surface area contributed by atoms with E-state index in [2.05, 4.69) is 0 Å². The van der Waals surface area contributed by atoms with Gasteiger partial charge in [-0.15, -0.1) is 0 Å². The second-order valence-electron chi connectivity index (χ2n) is 1.51. The summed E-state index contributed by atoms with van der Waals surface area (Å²) < 4.78 is 18.1. The first-order valence-corrected chi connectivity index (χ1v) is 7.81. The second kappa shape index (κ2) is 3.36. The molecule has 0 heterocycles. The standard InChI is InChI=1S/CH2Cl4O4P2/c2-1(3,10(4,6)7)11(5,8)9/h(H,6,7)(H,8,9). The quantitative estimate of drug-likeness (QED) is 0.603. The summed E-state index contributed by atoms with van der Waals surface area (Å²) in [6.07, 6.45) is 0. The molecule has 0 aliphatic heterocycles. The maximum atomic E-state index is 10.5. The smallest absolute Gasteiger partial charge is 0.331 e. The van der Waals surface area contributed by atoms with Crippen LogP contribution in [0.1, 0.15) is 0 Å². The summed E-state index contributed by atoms with van der Waals surface area (Å²) in [5.41, 5.74) is 0. The summed E-state index contributed by atoms with van der Waals surface area (Å²) >= 11 is 19.4. The normalized spacial score (nSPS) is 23.8. The lowest BCUT2D eigenvalue weighted by molar-refractivity contribution is 0.476. The van der Waals surface area contributed by atoms with Crippen LogP contribution in [0.5, 0.6) is 0 Å². The zero-order chi connectivity index (χ0) is 9.50. The van der Waals surface area contributed by atoms with E-state index in [1.807, 2.05) is 0 Å². The minimum Gasteiger partial charge on any atom is -0.331 e. The predicted molar refractivity (Wildman–Crippen MR) is 45.8 cm³/mol. The molecule has 0 fully saturated rings. The Morgan fingerprint density at radius 2 is 1.18 bits per heavy atom. The Bertz CT molecular complexity index is 212. The van der Waals surface area contributed by atoms with Crippen molar-refractivity contribution in [2.45, 2.75) is 3.82 Å². The number of hydrogen-bond donors (Lipinski definition) is 2. The third kappa shape index (κ3) is 2.75. The Labute approximate surface area is 81.9 Å². The Balaban J connectivity index is 5.08. The highest BCUT2D eigenvalue weighted by molar-refractivity contribution is 8.04. The van der Waals surface area contributed by atoms with Crippen molar-refractivity contribution in [1.29, 1.82) is 0 Å². The molecule has 0 bridgehead atoms. The molecule has 2 unspecified atom stereocenters. The van der Waals surface area contributed by atoms with Crippen LogP contribution < -0.4 is 0 Å². The van der Waals surface area contributed by atoms with Gasteiger partial charge in [0, 0.05) is 0 Å². The molecular formula is CH2Cl4O4P2. The molecule has 2 atom stereocenters. The van der Waals surface area contributed by atoms with Gasteiger partial charge in [-0.2, -0.15) is 0 Å². The van der Waals surface area contributed by atoms with Crippen molar-refractivity contribution in [3.63, 3.8) is 0 Å². The van der Waals surface area contributed by atoms with Crippen molar-refractivity contribution < 1.29 is 18.9 Å². The van der Waals surface area contributed by atoms with Gasteiger partial charge < -0.3 is 9.79 Å². The number of hydrogen-bond acceptors (Lipinski definition) is 2. The summed E-state index contributed by atoms with van der Waals surface area (Å²) in [5.74, 6) is 0. The van der Waals surface area contributed by atoms with Crippen molar-refractivity contribution in [2.24, 2.45) is 0 Å². The molecular weight excluding hydrogens is 280 g/mol. The predicted octanol–water partition coefficient (Wildman–Crippen LogP) is 2.92. The van der Waals surface area contributed by atoms with Crippen molar-refractivity contribution in [3.05, 3.63) is 0 Å². The first kappa shape index (κ1) is 12.5. The van der Waals surface area contributed by atoms with E-state index in [1.54, 1.807) is 0 Å². The van der Waals surface area contributed by atoms with E-state index in [-0.39, 0.29) is 0 Å². The lowest BCUT2D eigenvalue weighted by Crippen LogP contribution is -2.07. The number of rotatable bonds is 2. The minimum absolute atomic E-state index is 2.93. The van der Waals surface area contributed by atoms with Gasteiger partial charge in [-0.05, 0) is 22.5 Å². The molecule has 4 nitrogen and oxygen atoms in total. The molecule has 11 heavy (non-hydrogen) atoms. The first-order chi connectivity index (χ1) is 4.50. The number of alkyl halides is 2. The van der Waals surface area contributed by atoms with E-state index < -0.39 is 17.3 Å². The number of halogens is 4. The average molecular weight is 282 g/mol. The van der Waals surface area contributed by atoms with Gasteiger partial charge in [0.25, 0.3) is 3.82 Å². The van der Waals surface area contributed by atoms with E-state index in [0.717, 1.165) is 0 Å². The van der Waals surface area contributed by atoms with E-state index in [9.17, 15) is 9.13 Å². The van der Waals surface area contributed by atoms with Crippen LogP contribution in [-0.2, 0) is 9.13 Å². The van der Waals surface area contributed by atoms with Crippen LogP contribution in [0.25, 0.3) is 0 Å². The molecule has 68 valence electrons. The third-order valence-electron chi connectivity index (χ3n) is 0.664. The van der Waals surface area contributed by atoms with Crippen molar-refractivity contribution in [3.8, 4) is 0 Å². The van der Waals surface area contributed by atoms with E-state index >= 15 is 0 Å². The highest BCUT2D eigenvalue weighted by atomic mass is 35.7. The van der Waals surface area contributed by atoms with Gasteiger partial charge in [0.05, 0.1) is 0 Å². The summed E-state index contributed by atoms with van der Waals surface area (Å²) in [7, 11) is 0. The Hall–Kier alpha value is 1.54. The SMILES string of the molecule is O=P(O)(Cl)C(Cl)(Cl)P(=O)(O)Cl. The van der Waals surface area contributed by atoms with Gasteiger partial charge in [0.1, 0.15) is 0 Å². The molecule has 0 aromatic heterocycles. The van der Waals surface area contributed by atoms with Crippen molar-refractivity contribution in [2.75, 3.05) is 0 Å². The van der Waals surface area contributed by atoms with Gasteiger partial charge in [-0.3, -0.25) is 9.13 Å². The molecule has 0 aliphatic carbocycles. The van der Waals surface area contributed by atoms with Gasteiger partial charge in [-0.1, -0.05) is 23.2 Å². The Morgan fingerprint density at radius 3 is 1.18 bits per heavy atom. The van der Waals surface area contributed by atoms with Crippen LogP contribution in [0.15, 0.2) is 0 Å². The fourth-order valence-electron chi connectivity index (χ4n) is 0.152. The van der Waals surface area contributed by atoms with Gasteiger partial charge in [-0.25, -0.2) is 0 Å². The minimum atomic E-state index is -4.63.